The van der Waals surface area contributed by atoms with Crippen molar-refractivity contribution in [2.75, 3.05) is 0 Å². The Kier molecular flexibility index (Phi) is 6.11. The highest BCUT2D eigenvalue weighted by atomic mass is 31.2. The van der Waals surface area contributed by atoms with E-state index >= 15 is 0 Å². The molecule has 0 bridgehead atoms. The quantitative estimate of drug-likeness (QED) is 0.552. The Morgan fingerprint density at radius 1 is 1.32 bits per heavy atom. The average molecular weight is 331 g/mol. The number of phosphoric acid groups is 1. The predicted molar refractivity (Wildman–Crippen MR) is 77.4 cm³/mol. The molecule has 0 fully saturated rings. The van der Waals surface area contributed by atoms with Crippen LogP contribution < -0.4 is 9.84 Å². The highest BCUT2D eigenvalue weighted by Gasteiger charge is 2.26. The zero-order valence-corrected chi connectivity index (χ0v) is 13.0. The molecule has 0 saturated carbocycles. The zero-order valence-electron chi connectivity index (χ0n) is 12.1. The Balaban J connectivity index is 2.98. The normalized spacial score (nSPS) is 14.0. The summed E-state index contributed by atoms with van der Waals surface area (Å²) in [4.78, 5) is 40.8. The largest absolute Gasteiger partial charge is 0.524 e. The van der Waals surface area contributed by atoms with Crippen molar-refractivity contribution in [3.63, 3.8) is 0 Å². The van der Waals surface area contributed by atoms with Gasteiger partial charge < -0.3 is 14.9 Å². The maximum atomic E-state index is 12.1. The van der Waals surface area contributed by atoms with Crippen LogP contribution >= 0.6 is 7.82 Å². The average Bonchev–Trinajstić information content (AvgIpc) is 2.42. The molecule has 1 amide bonds. The zero-order chi connectivity index (χ0) is 16.9. The number of amides is 1. The fourth-order valence-electron chi connectivity index (χ4n) is 1.83. The minimum atomic E-state index is -4.76. The van der Waals surface area contributed by atoms with Gasteiger partial charge in [0.15, 0.2) is 0 Å². The van der Waals surface area contributed by atoms with E-state index in [2.05, 4.69) is 9.84 Å². The summed E-state index contributed by atoms with van der Waals surface area (Å²) in [6, 6.07) is 4.87. The molecule has 1 aromatic carbocycles. The third-order valence-electron chi connectivity index (χ3n) is 3.02. The molecule has 2 unspecified atom stereocenters. The lowest BCUT2D eigenvalue weighted by molar-refractivity contribution is -0.142. The van der Waals surface area contributed by atoms with Crippen molar-refractivity contribution in [2.45, 2.75) is 32.2 Å². The van der Waals surface area contributed by atoms with Gasteiger partial charge in [-0.05, 0) is 19.4 Å². The number of benzene rings is 1. The Labute approximate surface area is 127 Å². The van der Waals surface area contributed by atoms with Crippen LogP contribution in [0.15, 0.2) is 24.3 Å². The van der Waals surface area contributed by atoms with Crippen molar-refractivity contribution in [3.05, 3.63) is 29.8 Å². The Morgan fingerprint density at radius 3 is 2.41 bits per heavy atom. The van der Waals surface area contributed by atoms with Crippen LogP contribution in [0.4, 0.5) is 0 Å². The lowest BCUT2D eigenvalue weighted by Crippen LogP contribution is -2.42. The lowest BCUT2D eigenvalue weighted by Gasteiger charge is -2.19. The minimum Gasteiger partial charge on any atom is -0.480 e. The molecule has 1 aromatic rings. The molecule has 0 aromatic heterocycles. The van der Waals surface area contributed by atoms with Gasteiger partial charge in [-0.3, -0.25) is 14.6 Å². The molecule has 22 heavy (non-hydrogen) atoms. The molecule has 9 heteroatoms. The molecule has 0 aliphatic heterocycles. The summed E-state index contributed by atoms with van der Waals surface area (Å²) in [6.07, 6.45) is 0.217. The number of hydrogen-bond acceptors (Lipinski definition) is 4. The number of hydrogen-bond donors (Lipinski definition) is 4. The number of aliphatic carboxylic acids is 1. The Bertz CT molecular complexity index is 598. The fourth-order valence-corrected chi connectivity index (χ4v) is 2.25. The molecular formula is C13H18NO7P. The van der Waals surface area contributed by atoms with E-state index < -0.39 is 31.7 Å². The molecular weight excluding hydrogens is 313 g/mol. The SMILES string of the molecule is CCC(NC(=O)C(C)c1ccccc1OP(=O)(O)O)C(=O)O. The maximum Gasteiger partial charge on any atom is 0.524 e. The molecule has 2 atom stereocenters. The van der Waals surface area contributed by atoms with E-state index in [0.717, 1.165) is 0 Å². The third-order valence-corrected chi connectivity index (χ3v) is 3.45. The van der Waals surface area contributed by atoms with Gasteiger partial charge in [0.25, 0.3) is 0 Å². The van der Waals surface area contributed by atoms with E-state index in [9.17, 15) is 14.2 Å². The van der Waals surface area contributed by atoms with Crippen LogP contribution in [0.25, 0.3) is 0 Å². The molecule has 0 aliphatic rings. The third kappa shape index (κ3) is 5.14. The number of carboxylic acid groups (broad SMARTS) is 1. The van der Waals surface area contributed by atoms with Gasteiger partial charge in [-0.1, -0.05) is 25.1 Å². The molecule has 8 nitrogen and oxygen atoms in total. The van der Waals surface area contributed by atoms with Crippen molar-refractivity contribution in [1.82, 2.24) is 5.32 Å². The molecule has 0 saturated heterocycles. The van der Waals surface area contributed by atoms with Crippen LogP contribution in [0.1, 0.15) is 31.7 Å². The van der Waals surface area contributed by atoms with Crippen LogP contribution in [-0.4, -0.2) is 32.8 Å². The number of nitrogens with one attached hydrogen (secondary N) is 1. The predicted octanol–water partition coefficient (Wildman–Crippen LogP) is 1.24. The molecule has 0 heterocycles. The van der Waals surface area contributed by atoms with E-state index in [-0.39, 0.29) is 17.7 Å². The van der Waals surface area contributed by atoms with Crippen LogP contribution in [-0.2, 0) is 14.2 Å². The van der Waals surface area contributed by atoms with Crippen LogP contribution in [0.3, 0.4) is 0 Å². The summed E-state index contributed by atoms with van der Waals surface area (Å²) in [6.45, 7) is 3.11. The smallest absolute Gasteiger partial charge is 0.480 e. The maximum absolute atomic E-state index is 12.1. The highest BCUT2D eigenvalue weighted by molar-refractivity contribution is 7.46. The number of para-hydroxylation sites is 1. The first-order valence-electron chi connectivity index (χ1n) is 6.53. The summed E-state index contributed by atoms with van der Waals surface area (Å²) in [5, 5.41) is 11.3. The second kappa shape index (κ2) is 7.40. The molecule has 0 aliphatic carbocycles. The summed E-state index contributed by atoms with van der Waals surface area (Å²) >= 11 is 0. The first kappa shape index (κ1) is 18.2. The number of rotatable bonds is 7. The van der Waals surface area contributed by atoms with Gasteiger partial charge in [0.2, 0.25) is 5.91 Å². The monoisotopic (exact) mass is 331 g/mol. The summed E-state index contributed by atoms with van der Waals surface area (Å²) in [5.74, 6) is -2.68. The first-order valence-corrected chi connectivity index (χ1v) is 8.06. The summed E-state index contributed by atoms with van der Waals surface area (Å²) in [5.41, 5.74) is 0.253. The van der Waals surface area contributed by atoms with Crippen LogP contribution in [0.2, 0.25) is 0 Å². The van der Waals surface area contributed by atoms with Gasteiger partial charge in [-0.25, -0.2) is 9.36 Å². The summed E-state index contributed by atoms with van der Waals surface area (Å²) in [7, 11) is -4.76. The van der Waals surface area contributed by atoms with E-state index in [4.69, 9.17) is 14.9 Å². The van der Waals surface area contributed by atoms with Crippen molar-refractivity contribution in [2.24, 2.45) is 0 Å². The molecule has 0 spiro atoms. The minimum absolute atomic E-state index is 0.123. The molecule has 4 N–H and O–H groups in total. The van der Waals surface area contributed by atoms with E-state index in [1.165, 1.54) is 25.1 Å². The van der Waals surface area contributed by atoms with Gasteiger partial charge >= 0.3 is 13.8 Å². The van der Waals surface area contributed by atoms with Crippen molar-refractivity contribution in [3.8, 4) is 5.75 Å². The number of carbonyl (C=O) groups is 2. The topological polar surface area (TPSA) is 133 Å². The fraction of sp³-hybridized carbons (Fsp3) is 0.385. The Hall–Kier alpha value is -1.89. The number of carboxylic acids is 1. The van der Waals surface area contributed by atoms with E-state index in [1.807, 2.05) is 0 Å². The molecule has 1 rings (SSSR count). The Morgan fingerprint density at radius 2 is 1.91 bits per heavy atom. The summed E-state index contributed by atoms with van der Waals surface area (Å²) < 4.78 is 15.5. The second-order valence-corrected chi connectivity index (χ2v) is 5.81. The van der Waals surface area contributed by atoms with Crippen molar-refractivity contribution in [1.29, 1.82) is 0 Å². The van der Waals surface area contributed by atoms with Gasteiger partial charge in [-0.15, -0.1) is 0 Å². The van der Waals surface area contributed by atoms with Crippen LogP contribution in [0.5, 0.6) is 5.75 Å². The highest BCUT2D eigenvalue weighted by Crippen LogP contribution is 2.40. The van der Waals surface area contributed by atoms with E-state index in [0.29, 0.717) is 0 Å². The number of carbonyl (C=O) groups excluding carboxylic acids is 1. The molecule has 0 radical (unpaired) electrons. The van der Waals surface area contributed by atoms with Gasteiger partial charge in [-0.2, -0.15) is 0 Å². The van der Waals surface area contributed by atoms with Crippen LogP contribution in [0, 0.1) is 0 Å². The van der Waals surface area contributed by atoms with Crippen molar-refractivity contribution < 1.29 is 33.6 Å². The van der Waals surface area contributed by atoms with Gasteiger partial charge in [0.05, 0.1) is 5.92 Å². The van der Waals surface area contributed by atoms with Gasteiger partial charge in [0.1, 0.15) is 11.8 Å². The lowest BCUT2D eigenvalue weighted by atomic mass is 9.99. The first-order chi connectivity index (χ1) is 10.2. The second-order valence-electron chi connectivity index (χ2n) is 4.65. The molecule has 122 valence electrons. The van der Waals surface area contributed by atoms with Crippen molar-refractivity contribution >= 4 is 19.7 Å². The van der Waals surface area contributed by atoms with E-state index in [1.54, 1.807) is 13.0 Å². The standard InChI is InChI=1S/C13H18NO7P/c1-3-10(13(16)17)14-12(15)8(2)9-6-4-5-7-11(9)21-22(18,19)20/h4-8,10H,3H2,1-2H3,(H,14,15)(H,16,17)(H2,18,19,20). The van der Waals surface area contributed by atoms with Gasteiger partial charge in [0, 0.05) is 5.56 Å². The number of phosphoric ester groups is 1.